The molecule has 34 heavy (non-hydrogen) atoms. The number of nitrogens with one attached hydrogen (secondary N) is 2. The first-order valence-electron chi connectivity index (χ1n) is 10.1. The Kier molecular flexibility index (Phi) is 7.53. The molecule has 0 saturated carbocycles. The molecule has 1 aliphatic heterocycles. The molecule has 0 spiro atoms. The Bertz CT molecular complexity index is 1200. The van der Waals surface area contributed by atoms with Gasteiger partial charge >= 0.3 is 6.09 Å². The quantitative estimate of drug-likeness (QED) is 0.523. The number of aromatic nitrogens is 1. The lowest BCUT2D eigenvalue weighted by Gasteiger charge is -2.17. The van der Waals surface area contributed by atoms with E-state index < -0.39 is 68.6 Å². The Morgan fingerprint density at radius 1 is 1.21 bits per heavy atom. The maximum absolute atomic E-state index is 15.1. The van der Waals surface area contributed by atoms with Gasteiger partial charge in [0.1, 0.15) is 10.6 Å². The summed E-state index contributed by atoms with van der Waals surface area (Å²) in [4.78, 5) is 24.9. The van der Waals surface area contributed by atoms with Crippen LogP contribution in [-0.2, 0) is 21.8 Å². The lowest BCUT2D eigenvalue weighted by atomic mass is 10.1. The fourth-order valence-corrected chi connectivity index (χ4v) is 5.02. The Morgan fingerprint density at radius 2 is 1.91 bits per heavy atom. The van der Waals surface area contributed by atoms with Gasteiger partial charge in [-0.2, -0.15) is 0 Å². The number of hydrogen-bond acceptors (Lipinski definition) is 6. The van der Waals surface area contributed by atoms with Crippen LogP contribution in [0, 0.1) is 23.4 Å². The number of aryl methyl sites for hydroxylation is 1. The predicted molar refractivity (Wildman–Crippen MR) is 113 cm³/mol. The summed E-state index contributed by atoms with van der Waals surface area (Å²) in [6.07, 6.45) is 0.203. The highest BCUT2D eigenvalue weighted by atomic mass is 32.2. The van der Waals surface area contributed by atoms with E-state index in [1.165, 1.54) is 11.9 Å². The molecule has 2 unspecified atom stereocenters. The summed E-state index contributed by atoms with van der Waals surface area (Å²) < 4.78 is 75.4. The van der Waals surface area contributed by atoms with Gasteiger partial charge in [-0.15, -0.1) is 0 Å². The summed E-state index contributed by atoms with van der Waals surface area (Å²) in [6, 6.07) is 1.59. The number of aliphatic hydroxyl groups is 1. The molecule has 2 atom stereocenters. The van der Waals surface area contributed by atoms with E-state index >= 15 is 4.39 Å². The monoisotopic (exact) mass is 504 g/mol. The van der Waals surface area contributed by atoms with E-state index in [0.29, 0.717) is 6.07 Å². The van der Waals surface area contributed by atoms with Crippen molar-refractivity contribution in [3.05, 3.63) is 47.5 Å². The van der Waals surface area contributed by atoms with Crippen molar-refractivity contribution in [1.29, 1.82) is 0 Å². The second-order valence-corrected chi connectivity index (χ2v) is 9.31. The summed E-state index contributed by atoms with van der Waals surface area (Å²) in [5.41, 5.74) is -0.828. The molecule has 1 saturated heterocycles. The van der Waals surface area contributed by atoms with E-state index in [1.54, 1.807) is 6.92 Å². The standard InChI is InChI=1S/C20H23F3N4O6S/c1-3-33-20(30)27-7-11(10-28)15(8-27)25-34(31,32)16-9-26(2)18(17(16)23)19(29)24-12-4-5-13(21)14(22)6-12/h4-6,9,11,15,25,28H,3,7-8,10H2,1-2H3,(H,24,29). The molecule has 14 heteroatoms. The molecular formula is C20H23F3N4O6S. The highest BCUT2D eigenvalue weighted by Crippen LogP contribution is 2.25. The molecule has 0 aliphatic carbocycles. The molecule has 3 N–H and O–H groups in total. The highest BCUT2D eigenvalue weighted by Gasteiger charge is 2.39. The van der Waals surface area contributed by atoms with Crippen molar-refractivity contribution in [3.8, 4) is 0 Å². The first-order chi connectivity index (χ1) is 16.0. The van der Waals surface area contributed by atoms with Gasteiger partial charge in [-0.05, 0) is 19.1 Å². The SMILES string of the molecule is CCOC(=O)N1CC(CO)C(NS(=O)(=O)c2cn(C)c(C(=O)Nc3ccc(F)c(F)c3)c2F)C1. The molecule has 1 aromatic heterocycles. The van der Waals surface area contributed by atoms with E-state index in [2.05, 4.69) is 10.0 Å². The maximum atomic E-state index is 15.1. The number of halogens is 3. The third kappa shape index (κ3) is 5.18. The molecule has 2 amide bonds. The Morgan fingerprint density at radius 3 is 2.53 bits per heavy atom. The van der Waals surface area contributed by atoms with Crippen LogP contribution in [0.1, 0.15) is 17.4 Å². The van der Waals surface area contributed by atoms with Crippen LogP contribution in [0.4, 0.5) is 23.7 Å². The fourth-order valence-electron chi connectivity index (χ4n) is 3.60. The van der Waals surface area contributed by atoms with Crippen LogP contribution < -0.4 is 10.0 Å². The van der Waals surface area contributed by atoms with Gasteiger partial charge in [-0.1, -0.05) is 0 Å². The first-order valence-corrected chi connectivity index (χ1v) is 11.6. The number of benzene rings is 1. The number of likely N-dealkylation sites (tertiary alicyclic amines) is 1. The molecule has 0 bridgehead atoms. The number of anilines is 1. The van der Waals surface area contributed by atoms with Gasteiger partial charge < -0.3 is 24.6 Å². The van der Waals surface area contributed by atoms with Crippen molar-refractivity contribution in [2.24, 2.45) is 13.0 Å². The second kappa shape index (κ2) is 10.0. The fraction of sp³-hybridized carbons (Fsp3) is 0.400. The van der Waals surface area contributed by atoms with Crippen molar-refractivity contribution >= 4 is 27.7 Å². The van der Waals surface area contributed by atoms with Crippen LogP contribution in [0.2, 0.25) is 0 Å². The second-order valence-electron chi connectivity index (χ2n) is 7.62. The topological polar surface area (TPSA) is 130 Å². The lowest BCUT2D eigenvalue weighted by molar-refractivity contribution is 0.101. The zero-order valence-electron chi connectivity index (χ0n) is 18.2. The minimum atomic E-state index is -4.52. The molecular weight excluding hydrogens is 481 g/mol. The molecule has 2 aromatic rings. The number of amides is 2. The smallest absolute Gasteiger partial charge is 0.409 e. The summed E-state index contributed by atoms with van der Waals surface area (Å²) in [5, 5.41) is 11.8. The number of aliphatic hydroxyl groups excluding tert-OH is 1. The summed E-state index contributed by atoms with van der Waals surface area (Å²) >= 11 is 0. The van der Waals surface area contributed by atoms with Gasteiger partial charge in [0.15, 0.2) is 17.5 Å². The van der Waals surface area contributed by atoms with Crippen molar-refractivity contribution in [2.75, 3.05) is 31.6 Å². The summed E-state index contributed by atoms with van der Waals surface area (Å²) in [5.74, 6) is -5.49. The molecule has 1 aliphatic rings. The third-order valence-electron chi connectivity index (χ3n) is 5.28. The largest absolute Gasteiger partial charge is 0.450 e. The maximum Gasteiger partial charge on any atom is 0.409 e. The molecule has 3 rings (SSSR count). The van der Waals surface area contributed by atoms with E-state index in [9.17, 15) is 31.9 Å². The third-order valence-corrected chi connectivity index (χ3v) is 6.75. The number of carbonyl (C=O) groups excluding carboxylic acids is 2. The van der Waals surface area contributed by atoms with Crippen LogP contribution in [0.25, 0.3) is 0 Å². The van der Waals surface area contributed by atoms with Crippen LogP contribution in [-0.4, -0.2) is 67.3 Å². The van der Waals surface area contributed by atoms with Gasteiger partial charge in [-0.3, -0.25) is 4.79 Å². The van der Waals surface area contributed by atoms with Gasteiger partial charge in [0, 0.05) is 56.7 Å². The predicted octanol–water partition coefficient (Wildman–Crippen LogP) is 1.42. The number of rotatable bonds is 7. The van der Waals surface area contributed by atoms with Crippen molar-refractivity contribution in [1.82, 2.24) is 14.2 Å². The van der Waals surface area contributed by atoms with Gasteiger partial charge in [-0.25, -0.2) is 31.1 Å². The van der Waals surface area contributed by atoms with Crippen molar-refractivity contribution in [2.45, 2.75) is 17.9 Å². The molecule has 2 heterocycles. The van der Waals surface area contributed by atoms with Gasteiger partial charge in [0.05, 0.1) is 6.61 Å². The minimum absolute atomic E-state index is 0.0294. The van der Waals surface area contributed by atoms with Crippen molar-refractivity contribution in [3.63, 3.8) is 0 Å². The van der Waals surface area contributed by atoms with E-state index in [1.807, 2.05) is 0 Å². The Hall–Kier alpha value is -3.10. The van der Waals surface area contributed by atoms with Crippen LogP contribution in [0.3, 0.4) is 0 Å². The normalized spacial score (nSPS) is 18.2. The Balaban J connectivity index is 1.81. The number of ether oxygens (including phenoxy) is 1. The van der Waals surface area contributed by atoms with E-state index in [4.69, 9.17) is 4.74 Å². The highest BCUT2D eigenvalue weighted by molar-refractivity contribution is 7.89. The zero-order chi connectivity index (χ0) is 25.2. The number of nitrogens with zero attached hydrogens (tertiary/aromatic N) is 2. The number of hydrogen-bond donors (Lipinski definition) is 3. The number of carbonyl (C=O) groups is 2. The molecule has 0 radical (unpaired) electrons. The van der Waals surface area contributed by atoms with Gasteiger partial charge in [0.25, 0.3) is 5.91 Å². The van der Waals surface area contributed by atoms with Crippen LogP contribution >= 0.6 is 0 Å². The zero-order valence-corrected chi connectivity index (χ0v) is 19.0. The Labute approximate surface area is 193 Å². The molecule has 10 nitrogen and oxygen atoms in total. The molecule has 186 valence electrons. The average Bonchev–Trinajstić information content (AvgIpc) is 3.30. The van der Waals surface area contributed by atoms with Crippen LogP contribution in [0.15, 0.2) is 29.3 Å². The van der Waals surface area contributed by atoms with Crippen molar-refractivity contribution < 1.29 is 41.0 Å². The molecule has 1 aromatic carbocycles. The summed E-state index contributed by atoms with van der Waals surface area (Å²) in [6.45, 7) is 1.20. The first kappa shape index (κ1) is 25.5. The van der Waals surface area contributed by atoms with Gasteiger partial charge in [0.2, 0.25) is 10.0 Å². The average molecular weight is 504 g/mol. The van der Waals surface area contributed by atoms with E-state index in [0.717, 1.165) is 22.9 Å². The van der Waals surface area contributed by atoms with Crippen LogP contribution in [0.5, 0.6) is 0 Å². The molecule has 1 fully saturated rings. The summed E-state index contributed by atoms with van der Waals surface area (Å²) in [7, 11) is -3.29. The van der Waals surface area contributed by atoms with E-state index in [-0.39, 0.29) is 25.4 Å². The minimum Gasteiger partial charge on any atom is -0.450 e. The number of sulfonamides is 1. The lowest BCUT2D eigenvalue weighted by Crippen LogP contribution is -2.42.